The van der Waals surface area contributed by atoms with Crippen LogP contribution in [0.3, 0.4) is 0 Å². The van der Waals surface area contributed by atoms with Gasteiger partial charge in [-0.1, -0.05) is 19.8 Å². The van der Waals surface area contributed by atoms with Crippen molar-refractivity contribution in [1.29, 1.82) is 0 Å². The first kappa shape index (κ1) is 15.8. The van der Waals surface area contributed by atoms with Crippen LogP contribution in [-0.2, 0) is 4.79 Å². The third kappa shape index (κ3) is 5.05. The van der Waals surface area contributed by atoms with E-state index in [9.17, 15) is 4.79 Å². The number of nitrogens with two attached hydrogens (primary N) is 1. The summed E-state index contributed by atoms with van der Waals surface area (Å²) >= 11 is 0. The molecule has 1 atom stereocenters. The molecule has 4 nitrogen and oxygen atoms in total. The lowest BCUT2D eigenvalue weighted by Gasteiger charge is -2.22. The summed E-state index contributed by atoms with van der Waals surface area (Å²) in [6, 6.07) is 8.10. The number of hydrogen-bond donors (Lipinski definition) is 2. The van der Waals surface area contributed by atoms with Gasteiger partial charge in [0.25, 0.3) is 0 Å². The molecule has 1 fully saturated rings. The van der Waals surface area contributed by atoms with Crippen LogP contribution in [0.1, 0.15) is 45.4 Å². The maximum atomic E-state index is 11.8. The highest BCUT2D eigenvalue weighted by Crippen LogP contribution is 2.21. The highest BCUT2D eigenvalue weighted by Gasteiger charge is 2.11. The van der Waals surface area contributed by atoms with E-state index >= 15 is 0 Å². The molecule has 116 valence electrons. The molecule has 1 aliphatic heterocycles. The van der Waals surface area contributed by atoms with Gasteiger partial charge < -0.3 is 16.0 Å². The molecular weight excluding hydrogens is 262 g/mol. The number of anilines is 2. The van der Waals surface area contributed by atoms with E-state index in [0.717, 1.165) is 25.2 Å². The maximum Gasteiger partial charge on any atom is 0.225 e. The molecule has 1 saturated heterocycles. The molecule has 1 aromatic rings. The van der Waals surface area contributed by atoms with Crippen LogP contribution in [0, 0.1) is 0 Å². The molecule has 1 heterocycles. The Labute approximate surface area is 127 Å². The van der Waals surface area contributed by atoms with Crippen LogP contribution in [0.15, 0.2) is 24.3 Å². The van der Waals surface area contributed by atoms with Gasteiger partial charge in [-0.3, -0.25) is 4.79 Å². The first-order valence-corrected chi connectivity index (χ1v) is 8.09. The number of carbonyl (C=O) groups excluding carboxylic acids is 1. The number of nitrogens with one attached hydrogen (secondary N) is 1. The summed E-state index contributed by atoms with van der Waals surface area (Å²) in [5, 5.41) is 2.91. The van der Waals surface area contributed by atoms with Crippen LogP contribution in [-0.4, -0.2) is 25.0 Å². The van der Waals surface area contributed by atoms with Crippen LogP contribution in [0.4, 0.5) is 11.4 Å². The van der Waals surface area contributed by atoms with E-state index in [2.05, 4.69) is 22.3 Å². The number of benzene rings is 1. The average molecular weight is 289 g/mol. The number of carbonyl (C=O) groups is 1. The molecule has 0 aromatic heterocycles. The van der Waals surface area contributed by atoms with Gasteiger partial charge in [0.05, 0.1) is 0 Å². The number of nitrogens with zero attached hydrogens (tertiary/aromatic N) is 1. The van der Waals surface area contributed by atoms with Gasteiger partial charge in [-0.15, -0.1) is 0 Å². The topological polar surface area (TPSA) is 58.4 Å². The number of rotatable bonds is 5. The molecule has 21 heavy (non-hydrogen) atoms. The summed E-state index contributed by atoms with van der Waals surface area (Å²) in [6.07, 6.45) is 6.41. The van der Waals surface area contributed by atoms with Crippen molar-refractivity contribution in [3.05, 3.63) is 24.3 Å². The lowest BCUT2D eigenvalue weighted by Crippen LogP contribution is -2.26. The van der Waals surface area contributed by atoms with Gasteiger partial charge in [-0.2, -0.15) is 0 Å². The largest absolute Gasteiger partial charge is 0.372 e. The van der Waals surface area contributed by atoms with Gasteiger partial charge in [0.2, 0.25) is 5.91 Å². The standard InChI is InChI=1S/C17H27N3O/c1-2-14(18)13-17(21)19-15-7-9-16(10-8-15)20-11-5-3-4-6-12-20/h7-10,14H,2-6,11-13,18H2,1H3,(H,19,21). The Kier molecular flexibility index (Phi) is 6.05. The lowest BCUT2D eigenvalue weighted by atomic mass is 10.1. The van der Waals surface area contributed by atoms with Crippen molar-refractivity contribution < 1.29 is 4.79 Å². The minimum absolute atomic E-state index is 0.00753. The molecular formula is C17H27N3O. The quantitative estimate of drug-likeness (QED) is 0.875. The van der Waals surface area contributed by atoms with E-state index in [-0.39, 0.29) is 11.9 Å². The second-order valence-corrected chi connectivity index (χ2v) is 5.87. The zero-order chi connectivity index (χ0) is 15.1. The van der Waals surface area contributed by atoms with Crippen molar-refractivity contribution in [2.24, 2.45) is 5.73 Å². The van der Waals surface area contributed by atoms with Crippen LogP contribution in [0.2, 0.25) is 0 Å². The van der Waals surface area contributed by atoms with Crippen LogP contribution in [0.5, 0.6) is 0 Å². The Morgan fingerprint density at radius 2 is 1.81 bits per heavy atom. The van der Waals surface area contributed by atoms with Gasteiger partial charge in [0, 0.05) is 36.9 Å². The van der Waals surface area contributed by atoms with Crippen molar-refractivity contribution in [2.75, 3.05) is 23.3 Å². The first-order chi connectivity index (χ1) is 10.2. The minimum Gasteiger partial charge on any atom is -0.372 e. The van der Waals surface area contributed by atoms with Gasteiger partial charge in [0.1, 0.15) is 0 Å². The fourth-order valence-electron chi connectivity index (χ4n) is 2.68. The molecule has 0 spiro atoms. The van der Waals surface area contributed by atoms with Crippen molar-refractivity contribution in [3.8, 4) is 0 Å². The van der Waals surface area contributed by atoms with Crippen molar-refractivity contribution >= 4 is 17.3 Å². The monoisotopic (exact) mass is 289 g/mol. The van der Waals surface area contributed by atoms with Gasteiger partial charge >= 0.3 is 0 Å². The Morgan fingerprint density at radius 1 is 1.19 bits per heavy atom. The van der Waals surface area contributed by atoms with Crippen molar-refractivity contribution in [3.63, 3.8) is 0 Å². The molecule has 0 radical (unpaired) electrons. The van der Waals surface area contributed by atoms with E-state index in [1.165, 1.54) is 31.4 Å². The zero-order valence-electron chi connectivity index (χ0n) is 13.0. The van der Waals surface area contributed by atoms with E-state index in [4.69, 9.17) is 5.73 Å². The third-order valence-corrected chi connectivity index (χ3v) is 4.09. The SMILES string of the molecule is CCC(N)CC(=O)Nc1ccc(N2CCCCCC2)cc1. The molecule has 2 rings (SSSR count). The smallest absolute Gasteiger partial charge is 0.225 e. The second kappa shape index (κ2) is 8.03. The summed E-state index contributed by atoms with van der Waals surface area (Å²) in [5.74, 6) is -0.00753. The summed E-state index contributed by atoms with van der Waals surface area (Å²) in [7, 11) is 0. The van der Waals surface area contributed by atoms with E-state index in [1.807, 2.05) is 19.1 Å². The minimum atomic E-state index is -0.0543. The fraction of sp³-hybridized carbons (Fsp3) is 0.588. The van der Waals surface area contributed by atoms with Crippen molar-refractivity contribution in [1.82, 2.24) is 0 Å². The van der Waals surface area contributed by atoms with E-state index in [0.29, 0.717) is 6.42 Å². The van der Waals surface area contributed by atoms with E-state index in [1.54, 1.807) is 0 Å². The Hall–Kier alpha value is -1.55. The van der Waals surface area contributed by atoms with Gasteiger partial charge in [0.15, 0.2) is 0 Å². The number of hydrogen-bond acceptors (Lipinski definition) is 3. The molecule has 1 aromatic carbocycles. The van der Waals surface area contributed by atoms with Gasteiger partial charge in [-0.25, -0.2) is 0 Å². The Balaban J connectivity index is 1.90. The first-order valence-electron chi connectivity index (χ1n) is 8.09. The fourth-order valence-corrected chi connectivity index (χ4v) is 2.68. The van der Waals surface area contributed by atoms with E-state index < -0.39 is 0 Å². The molecule has 1 aliphatic rings. The molecule has 0 aliphatic carbocycles. The van der Waals surface area contributed by atoms with Crippen LogP contribution in [0.25, 0.3) is 0 Å². The predicted octanol–water partition coefficient (Wildman–Crippen LogP) is 3.13. The summed E-state index contributed by atoms with van der Waals surface area (Å²) in [6.45, 7) is 4.27. The highest BCUT2D eigenvalue weighted by atomic mass is 16.1. The summed E-state index contributed by atoms with van der Waals surface area (Å²) in [5.41, 5.74) is 7.90. The molecule has 1 amide bonds. The third-order valence-electron chi connectivity index (χ3n) is 4.09. The molecule has 3 N–H and O–H groups in total. The maximum absolute atomic E-state index is 11.8. The molecule has 0 saturated carbocycles. The Morgan fingerprint density at radius 3 is 2.38 bits per heavy atom. The molecule has 0 bridgehead atoms. The Bertz CT molecular complexity index is 436. The molecule has 1 unspecified atom stereocenters. The normalized spacial score (nSPS) is 17.1. The summed E-state index contributed by atoms with van der Waals surface area (Å²) in [4.78, 5) is 14.2. The number of amides is 1. The molecule has 4 heteroatoms. The lowest BCUT2D eigenvalue weighted by molar-refractivity contribution is -0.116. The van der Waals surface area contributed by atoms with Crippen LogP contribution >= 0.6 is 0 Å². The average Bonchev–Trinajstić information content (AvgIpc) is 2.77. The second-order valence-electron chi connectivity index (χ2n) is 5.87. The summed E-state index contributed by atoms with van der Waals surface area (Å²) < 4.78 is 0. The van der Waals surface area contributed by atoms with Crippen LogP contribution < -0.4 is 16.0 Å². The highest BCUT2D eigenvalue weighted by molar-refractivity contribution is 5.91. The zero-order valence-corrected chi connectivity index (χ0v) is 13.0. The van der Waals surface area contributed by atoms with Crippen molar-refractivity contribution in [2.45, 2.75) is 51.5 Å². The predicted molar refractivity (Wildman–Crippen MR) is 88.6 cm³/mol. The van der Waals surface area contributed by atoms with Gasteiger partial charge in [-0.05, 0) is 43.5 Å².